The van der Waals surface area contributed by atoms with Gasteiger partial charge in [-0.05, 0) is 36.8 Å². The third-order valence-electron chi connectivity index (χ3n) is 2.63. The molecule has 1 aromatic carbocycles. The van der Waals surface area contributed by atoms with Crippen molar-refractivity contribution in [3.05, 3.63) is 42.0 Å². The summed E-state index contributed by atoms with van der Waals surface area (Å²) >= 11 is 1.69. The summed E-state index contributed by atoms with van der Waals surface area (Å²) < 4.78 is 5.49. The molecule has 0 aliphatic heterocycles. The summed E-state index contributed by atoms with van der Waals surface area (Å²) in [5.74, 6) is -0.101. The second-order valence-electron chi connectivity index (χ2n) is 4.62. The highest BCUT2D eigenvalue weighted by molar-refractivity contribution is 7.98. The summed E-state index contributed by atoms with van der Waals surface area (Å²) in [6.45, 7) is 9.35. The van der Waals surface area contributed by atoms with Crippen LogP contribution in [-0.2, 0) is 9.53 Å². The standard InChI is InChI=1S/C15H20O2S/c1-10(2)14(17-15(16)11(3)4)12-6-8-13(18-5)9-7-12/h6-10,14H,3H2,1-2,4-5H3. The minimum Gasteiger partial charge on any atom is -0.454 e. The number of esters is 1. The van der Waals surface area contributed by atoms with Crippen molar-refractivity contribution in [2.45, 2.75) is 31.8 Å². The Morgan fingerprint density at radius 2 is 1.83 bits per heavy atom. The van der Waals surface area contributed by atoms with Crippen molar-refractivity contribution in [2.75, 3.05) is 6.26 Å². The highest BCUT2D eigenvalue weighted by Crippen LogP contribution is 2.28. The maximum Gasteiger partial charge on any atom is 0.333 e. The minimum absolute atomic E-state index is 0.217. The van der Waals surface area contributed by atoms with Gasteiger partial charge in [0.1, 0.15) is 6.10 Å². The first kappa shape index (κ1) is 14.8. The van der Waals surface area contributed by atoms with Crippen molar-refractivity contribution in [3.8, 4) is 0 Å². The third-order valence-corrected chi connectivity index (χ3v) is 3.38. The van der Waals surface area contributed by atoms with E-state index in [-0.39, 0.29) is 18.0 Å². The quantitative estimate of drug-likeness (QED) is 0.452. The zero-order valence-corrected chi connectivity index (χ0v) is 12.2. The van der Waals surface area contributed by atoms with Crippen molar-refractivity contribution in [1.29, 1.82) is 0 Å². The Labute approximate surface area is 113 Å². The number of hydrogen-bond donors (Lipinski definition) is 0. The normalized spacial score (nSPS) is 12.3. The monoisotopic (exact) mass is 264 g/mol. The van der Waals surface area contributed by atoms with Gasteiger partial charge < -0.3 is 4.74 Å². The molecule has 0 saturated heterocycles. The van der Waals surface area contributed by atoms with Gasteiger partial charge in [0, 0.05) is 10.5 Å². The fourth-order valence-corrected chi connectivity index (χ4v) is 2.01. The van der Waals surface area contributed by atoms with Crippen molar-refractivity contribution in [1.82, 2.24) is 0 Å². The second kappa shape index (κ2) is 6.64. The molecule has 0 heterocycles. The van der Waals surface area contributed by atoms with E-state index in [1.807, 2.05) is 44.4 Å². The van der Waals surface area contributed by atoms with Crippen LogP contribution in [0.2, 0.25) is 0 Å². The summed E-state index contributed by atoms with van der Waals surface area (Å²) in [6, 6.07) is 8.12. The molecule has 0 spiro atoms. The molecule has 98 valence electrons. The maximum absolute atomic E-state index is 11.6. The Morgan fingerprint density at radius 1 is 1.28 bits per heavy atom. The van der Waals surface area contributed by atoms with Gasteiger partial charge in [-0.3, -0.25) is 0 Å². The first-order chi connectivity index (χ1) is 8.45. The molecule has 0 aliphatic rings. The predicted octanol–water partition coefficient (Wildman–Crippen LogP) is 4.22. The number of hydrogen-bond acceptors (Lipinski definition) is 3. The fraction of sp³-hybridized carbons (Fsp3) is 0.400. The molecule has 18 heavy (non-hydrogen) atoms. The third kappa shape index (κ3) is 3.91. The number of ether oxygens (including phenoxy) is 1. The van der Waals surface area contributed by atoms with Gasteiger partial charge in [0.25, 0.3) is 0 Å². The molecule has 2 nitrogen and oxygen atoms in total. The Bertz CT molecular complexity index is 421. The fourth-order valence-electron chi connectivity index (χ4n) is 1.60. The molecule has 0 N–H and O–H groups in total. The Hall–Kier alpha value is -1.22. The number of carbonyl (C=O) groups is 1. The first-order valence-electron chi connectivity index (χ1n) is 5.96. The molecule has 1 unspecified atom stereocenters. The molecular weight excluding hydrogens is 244 g/mol. The van der Waals surface area contributed by atoms with E-state index in [2.05, 4.69) is 6.58 Å². The molecule has 1 aromatic rings. The maximum atomic E-state index is 11.6. The van der Waals surface area contributed by atoms with Gasteiger partial charge in [-0.1, -0.05) is 32.6 Å². The zero-order valence-electron chi connectivity index (χ0n) is 11.4. The first-order valence-corrected chi connectivity index (χ1v) is 7.18. The van der Waals surface area contributed by atoms with Crippen LogP contribution in [0.25, 0.3) is 0 Å². The van der Waals surface area contributed by atoms with E-state index in [9.17, 15) is 4.79 Å². The van der Waals surface area contributed by atoms with E-state index in [0.29, 0.717) is 5.57 Å². The summed E-state index contributed by atoms with van der Waals surface area (Å²) in [5.41, 5.74) is 1.46. The van der Waals surface area contributed by atoms with Crippen molar-refractivity contribution >= 4 is 17.7 Å². The molecular formula is C15H20O2S. The van der Waals surface area contributed by atoms with E-state index in [0.717, 1.165) is 5.56 Å². The molecule has 0 saturated carbocycles. The average molecular weight is 264 g/mol. The van der Waals surface area contributed by atoms with Gasteiger partial charge in [-0.25, -0.2) is 4.79 Å². The molecule has 1 rings (SSSR count). The van der Waals surface area contributed by atoms with Crippen LogP contribution in [0.15, 0.2) is 41.3 Å². The van der Waals surface area contributed by atoms with E-state index < -0.39 is 0 Å². The van der Waals surface area contributed by atoms with Gasteiger partial charge >= 0.3 is 5.97 Å². The van der Waals surface area contributed by atoms with Crippen LogP contribution >= 0.6 is 11.8 Å². The van der Waals surface area contributed by atoms with Gasteiger partial charge in [0.15, 0.2) is 0 Å². The van der Waals surface area contributed by atoms with Crippen molar-refractivity contribution in [2.24, 2.45) is 5.92 Å². The van der Waals surface area contributed by atoms with Gasteiger partial charge in [-0.15, -0.1) is 11.8 Å². The topological polar surface area (TPSA) is 26.3 Å². The summed E-state index contributed by atoms with van der Waals surface area (Å²) in [4.78, 5) is 12.8. The lowest BCUT2D eigenvalue weighted by Crippen LogP contribution is -2.16. The Balaban J connectivity index is 2.90. The Kier molecular flexibility index (Phi) is 5.48. The van der Waals surface area contributed by atoms with Crippen molar-refractivity contribution < 1.29 is 9.53 Å². The second-order valence-corrected chi connectivity index (χ2v) is 5.50. The molecule has 1 atom stereocenters. The van der Waals surface area contributed by atoms with Crippen LogP contribution in [0.3, 0.4) is 0 Å². The lowest BCUT2D eigenvalue weighted by molar-refractivity contribution is -0.146. The molecule has 0 amide bonds. The Morgan fingerprint density at radius 3 is 2.22 bits per heavy atom. The highest BCUT2D eigenvalue weighted by atomic mass is 32.2. The molecule has 0 bridgehead atoms. The molecule has 0 radical (unpaired) electrons. The number of rotatable bonds is 5. The largest absolute Gasteiger partial charge is 0.454 e. The summed E-state index contributed by atoms with van der Waals surface area (Å²) in [5, 5.41) is 0. The number of benzene rings is 1. The molecule has 0 aliphatic carbocycles. The molecule has 0 fully saturated rings. The van der Waals surface area contributed by atoms with Gasteiger partial charge in [-0.2, -0.15) is 0 Å². The smallest absolute Gasteiger partial charge is 0.333 e. The molecule has 0 aromatic heterocycles. The van der Waals surface area contributed by atoms with Gasteiger partial charge in [0.2, 0.25) is 0 Å². The van der Waals surface area contributed by atoms with Crippen LogP contribution in [-0.4, -0.2) is 12.2 Å². The van der Waals surface area contributed by atoms with Crippen LogP contribution in [0.1, 0.15) is 32.4 Å². The SMILES string of the molecule is C=C(C)C(=O)OC(c1ccc(SC)cc1)C(C)C. The lowest BCUT2D eigenvalue weighted by atomic mass is 9.99. The summed E-state index contributed by atoms with van der Waals surface area (Å²) in [7, 11) is 0. The zero-order chi connectivity index (χ0) is 13.7. The summed E-state index contributed by atoms with van der Waals surface area (Å²) in [6.07, 6.45) is 1.82. The lowest BCUT2D eigenvalue weighted by Gasteiger charge is -2.22. The molecule has 3 heteroatoms. The average Bonchev–Trinajstić information content (AvgIpc) is 2.35. The number of carbonyl (C=O) groups excluding carboxylic acids is 1. The minimum atomic E-state index is -0.331. The van der Waals surface area contributed by atoms with Crippen LogP contribution in [0, 0.1) is 5.92 Å². The predicted molar refractivity (Wildman–Crippen MR) is 76.7 cm³/mol. The van der Waals surface area contributed by atoms with Crippen LogP contribution < -0.4 is 0 Å². The van der Waals surface area contributed by atoms with E-state index >= 15 is 0 Å². The highest BCUT2D eigenvalue weighted by Gasteiger charge is 2.20. The van der Waals surface area contributed by atoms with E-state index in [4.69, 9.17) is 4.74 Å². The van der Waals surface area contributed by atoms with Crippen LogP contribution in [0.4, 0.5) is 0 Å². The van der Waals surface area contributed by atoms with Gasteiger partial charge in [0.05, 0.1) is 0 Å². The van der Waals surface area contributed by atoms with E-state index in [1.54, 1.807) is 18.7 Å². The van der Waals surface area contributed by atoms with Crippen molar-refractivity contribution in [3.63, 3.8) is 0 Å². The van der Waals surface area contributed by atoms with E-state index in [1.165, 1.54) is 4.90 Å². The van der Waals surface area contributed by atoms with Crippen LogP contribution in [0.5, 0.6) is 0 Å². The number of thioether (sulfide) groups is 1.